The Balaban J connectivity index is 1.38. The summed E-state index contributed by atoms with van der Waals surface area (Å²) in [6.45, 7) is 8.39. The van der Waals surface area contributed by atoms with Crippen LogP contribution in [0.1, 0.15) is 97.8 Å². The molecule has 0 aliphatic carbocycles. The van der Waals surface area contributed by atoms with Crippen molar-refractivity contribution in [2.45, 2.75) is 84.5 Å². The SMILES string of the molecule is Cc1ccccc1C(C=O)(CCCCCSCCCCCC(C)(C)C(=O)c1ccccc1)c1ccccc1C. The maximum absolute atomic E-state index is 12.8. The molecule has 0 spiro atoms. The highest BCUT2D eigenvalue weighted by atomic mass is 32.2. The molecule has 3 rings (SSSR count). The predicted molar refractivity (Wildman–Crippen MR) is 168 cm³/mol. The fraction of sp³-hybridized carbons (Fsp3) is 0.444. The van der Waals surface area contributed by atoms with Crippen molar-refractivity contribution >= 4 is 23.8 Å². The van der Waals surface area contributed by atoms with E-state index in [1.54, 1.807) is 0 Å². The highest BCUT2D eigenvalue weighted by molar-refractivity contribution is 7.99. The Hall–Kier alpha value is -2.65. The quantitative estimate of drug-likeness (QED) is 0.0967. The molecule has 0 N–H and O–H groups in total. The Morgan fingerprint density at radius 2 is 1.15 bits per heavy atom. The van der Waals surface area contributed by atoms with Crippen LogP contribution in [0.3, 0.4) is 0 Å². The molecule has 0 heterocycles. The molecule has 0 aromatic heterocycles. The largest absolute Gasteiger partial charge is 0.302 e. The lowest BCUT2D eigenvalue weighted by Gasteiger charge is -2.32. The number of carbonyl (C=O) groups is 2. The summed E-state index contributed by atoms with van der Waals surface area (Å²) < 4.78 is 0. The van der Waals surface area contributed by atoms with E-state index in [1.165, 1.54) is 48.2 Å². The molecule has 0 aliphatic heterocycles. The zero-order valence-corrected chi connectivity index (χ0v) is 25.2. The summed E-state index contributed by atoms with van der Waals surface area (Å²) in [6, 6.07) is 26.4. The van der Waals surface area contributed by atoms with Crippen LogP contribution in [0.25, 0.3) is 0 Å². The van der Waals surface area contributed by atoms with Gasteiger partial charge in [-0.15, -0.1) is 0 Å². The number of benzene rings is 3. The van der Waals surface area contributed by atoms with E-state index in [2.05, 4.69) is 76.2 Å². The Morgan fingerprint density at radius 1 is 0.667 bits per heavy atom. The number of carbonyl (C=O) groups excluding carboxylic acids is 2. The summed E-state index contributed by atoms with van der Waals surface area (Å²) in [5.41, 5.74) is 4.56. The van der Waals surface area contributed by atoms with Gasteiger partial charge >= 0.3 is 0 Å². The van der Waals surface area contributed by atoms with Crippen molar-refractivity contribution < 1.29 is 9.59 Å². The molecular weight excluding hydrogens is 496 g/mol. The summed E-state index contributed by atoms with van der Waals surface area (Å²) in [5, 5.41) is 0. The molecule has 0 aliphatic rings. The first-order valence-corrected chi connectivity index (χ1v) is 15.7. The third kappa shape index (κ3) is 8.42. The molecule has 3 aromatic carbocycles. The van der Waals surface area contributed by atoms with Gasteiger partial charge in [0.15, 0.2) is 5.78 Å². The number of Topliss-reactive ketones (excluding diaryl/α,β-unsaturated/α-hetero) is 1. The van der Waals surface area contributed by atoms with Gasteiger partial charge in [-0.1, -0.05) is 118 Å². The van der Waals surface area contributed by atoms with Gasteiger partial charge < -0.3 is 4.79 Å². The second-order valence-electron chi connectivity index (χ2n) is 11.5. The number of aryl methyl sites for hydroxylation is 2. The van der Waals surface area contributed by atoms with Crippen LogP contribution in [-0.2, 0) is 10.2 Å². The molecule has 3 heteroatoms. The number of rotatable bonds is 17. The minimum Gasteiger partial charge on any atom is -0.302 e. The maximum atomic E-state index is 12.8. The maximum Gasteiger partial charge on any atom is 0.168 e. The molecule has 39 heavy (non-hydrogen) atoms. The minimum absolute atomic E-state index is 0.251. The molecule has 2 nitrogen and oxygen atoms in total. The summed E-state index contributed by atoms with van der Waals surface area (Å²) in [5.74, 6) is 2.60. The zero-order valence-electron chi connectivity index (χ0n) is 24.4. The van der Waals surface area contributed by atoms with Gasteiger partial charge in [0.05, 0.1) is 5.41 Å². The molecule has 0 atom stereocenters. The van der Waals surface area contributed by atoms with Crippen LogP contribution < -0.4 is 0 Å². The van der Waals surface area contributed by atoms with E-state index in [0.29, 0.717) is 0 Å². The molecule has 3 aromatic rings. The van der Waals surface area contributed by atoms with Gasteiger partial charge in [0.25, 0.3) is 0 Å². The molecule has 0 fully saturated rings. The number of aldehydes is 1. The van der Waals surface area contributed by atoms with Crippen LogP contribution >= 0.6 is 11.8 Å². The van der Waals surface area contributed by atoms with Crippen molar-refractivity contribution in [3.05, 3.63) is 107 Å². The van der Waals surface area contributed by atoms with Gasteiger partial charge in [-0.25, -0.2) is 0 Å². The zero-order chi connectivity index (χ0) is 28.1. The van der Waals surface area contributed by atoms with Crippen LogP contribution in [0, 0.1) is 19.3 Å². The van der Waals surface area contributed by atoms with E-state index in [-0.39, 0.29) is 11.2 Å². The summed E-state index contributed by atoms with van der Waals surface area (Å²) in [7, 11) is 0. The number of hydrogen-bond acceptors (Lipinski definition) is 3. The summed E-state index contributed by atoms with van der Waals surface area (Å²) in [4.78, 5) is 25.6. The third-order valence-corrected chi connectivity index (χ3v) is 9.21. The van der Waals surface area contributed by atoms with Crippen LogP contribution in [0.5, 0.6) is 0 Å². The first-order chi connectivity index (χ1) is 18.8. The molecule has 0 bridgehead atoms. The van der Waals surface area contributed by atoms with Gasteiger partial charge in [-0.3, -0.25) is 4.79 Å². The fourth-order valence-electron chi connectivity index (χ4n) is 5.68. The number of thioether (sulfide) groups is 1. The second kappa shape index (κ2) is 15.2. The van der Waals surface area contributed by atoms with Crippen molar-refractivity contribution in [2.24, 2.45) is 5.41 Å². The van der Waals surface area contributed by atoms with Crippen molar-refractivity contribution in [1.82, 2.24) is 0 Å². The van der Waals surface area contributed by atoms with Gasteiger partial charge in [0, 0.05) is 11.0 Å². The average Bonchev–Trinajstić information content (AvgIpc) is 2.95. The molecule has 0 unspecified atom stereocenters. The average molecular weight is 543 g/mol. The fourth-order valence-corrected chi connectivity index (χ4v) is 6.70. The summed E-state index contributed by atoms with van der Waals surface area (Å²) >= 11 is 2.04. The second-order valence-corrected chi connectivity index (χ2v) is 12.8. The normalized spacial score (nSPS) is 11.9. The summed E-state index contributed by atoms with van der Waals surface area (Å²) in [6.07, 6.45) is 9.80. The number of unbranched alkanes of at least 4 members (excludes halogenated alkanes) is 4. The Kier molecular flexibility index (Phi) is 12.1. The van der Waals surface area contributed by atoms with Crippen LogP contribution in [-0.4, -0.2) is 23.6 Å². The van der Waals surface area contributed by atoms with E-state index < -0.39 is 5.41 Å². The first-order valence-electron chi connectivity index (χ1n) is 14.6. The highest BCUT2D eigenvalue weighted by Crippen LogP contribution is 2.39. The lowest BCUT2D eigenvalue weighted by Crippen LogP contribution is -2.31. The third-order valence-electron chi connectivity index (χ3n) is 8.05. The van der Waals surface area contributed by atoms with E-state index in [0.717, 1.165) is 48.8 Å². The molecule has 208 valence electrons. The van der Waals surface area contributed by atoms with Crippen molar-refractivity contribution in [1.29, 1.82) is 0 Å². The predicted octanol–water partition coefficient (Wildman–Crippen LogP) is 9.55. The van der Waals surface area contributed by atoms with Gasteiger partial charge in [0.1, 0.15) is 6.29 Å². The number of ketones is 1. The van der Waals surface area contributed by atoms with Crippen molar-refractivity contribution in [3.63, 3.8) is 0 Å². The van der Waals surface area contributed by atoms with Gasteiger partial charge in [-0.2, -0.15) is 11.8 Å². The van der Waals surface area contributed by atoms with Crippen LogP contribution in [0.15, 0.2) is 78.9 Å². The monoisotopic (exact) mass is 542 g/mol. The Morgan fingerprint density at radius 3 is 1.67 bits per heavy atom. The van der Waals surface area contributed by atoms with Gasteiger partial charge in [0.2, 0.25) is 0 Å². The molecule has 0 saturated carbocycles. The van der Waals surface area contributed by atoms with Crippen LogP contribution in [0.4, 0.5) is 0 Å². The van der Waals surface area contributed by atoms with E-state index >= 15 is 0 Å². The van der Waals surface area contributed by atoms with E-state index in [4.69, 9.17) is 0 Å². The molecule has 0 saturated heterocycles. The lowest BCUT2D eigenvalue weighted by molar-refractivity contribution is -0.111. The smallest absolute Gasteiger partial charge is 0.168 e. The molecular formula is C36H46O2S. The van der Waals surface area contributed by atoms with Crippen molar-refractivity contribution in [2.75, 3.05) is 11.5 Å². The topological polar surface area (TPSA) is 34.1 Å². The minimum atomic E-state index is -0.584. The van der Waals surface area contributed by atoms with E-state index in [1.807, 2.05) is 42.1 Å². The van der Waals surface area contributed by atoms with E-state index in [9.17, 15) is 9.59 Å². The van der Waals surface area contributed by atoms with Gasteiger partial charge in [-0.05, 0) is 73.3 Å². The van der Waals surface area contributed by atoms with Crippen LogP contribution in [0.2, 0.25) is 0 Å². The molecule has 0 amide bonds. The van der Waals surface area contributed by atoms with Crippen molar-refractivity contribution in [3.8, 4) is 0 Å². The standard InChI is InChI=1S/C36H46O2S/c1-29-18-10-12-22-32(29)36(28-37,33-23-13-11-19-30(33)2)25-15-7-17-27-39-26-16-6-14-24-35(3,4)34(38)31-20-8-5-9-21-31/h5,8-13,18-23,28H,6-7,14-17,24-27H2,1-4H3. The lowest BCUT2D eigenvalue weighted by atomic mass is 9.69. The number of hydrogen-bond donors (Lipinski definition) is 0. The Bertz CT molecular complexity index is 1140. The molecule has 0 radical (unpaired) electrons. The highest BCUT2D eigenvalue weighted by Gasteiger charge is 2.35. The Labute approximate surface area is 241 Å². The first kappa shape index (κ1) is 30.9.